The number of rotatable bonds is 2. The molecule has 2 aromatic heterocycles. The van der Waals surface area contributed by atoms with E-state index in [0.717, 1.165) is 0 Å². The van der Waals surface area contributed by atoms with Gasteiger partial charge in [-0.05, 0) is 85.6 Å². The van der Waals surface area contributed by atoms with Gasteiger partial charge in [0.25, 0.3) is 0 Å². The summed E-state index contributed by atoms with van der Waals surface area (Å²) in [5, 5.41) is 12.8. The van der Waals surface area contributed by atoms with Gasteiger partial charge < -0.3 is 9.13 Å². The van der Waals surface area contributed by atoms with Gasteiger partial charge in [0, 0.05) is 32.6 Å². The van der Waals surface area contributed by atoms with Gasteiger partial charge in [-0.15, -0.1) is 0 Å². The molecule has 1 aliphatic carbocycles. The molecule has 0 unspecified atom stereocenters. The molecule has 0 fully saturated rings. The summed E-state index contributed by atoms with van der Waals surface area (Å²) in [4.78, 5) is 0. The van der Waals surface area contributed by atoms with Crippen molar-refractivity contribution in [3.05, 3.63) is 170 Å². The molecule has 0 amide bonds. The van der Waals surface area contributed by atoms with Gasteiger partial charge in [0.2, 0.25) is 0 Å². The SMILES string of the molecule is c1ccc2c(c1)-c1cccc3c(-n4c5ccccc5c5c4ccc4c6c7ccccc7ccc6n(-c6ccc7ccccc7c6)c45)ccc-2c13. The first kappa shape index (κ1) is 26.3. The minimum Gasteiger partial charge on any atom is -0.309 e. The molecule has 0 saturated heterocycles. The Morgan fingerprint density at radius 3 is 1.82 bits per heavy atom. The number of fused-ring (bicyclic) bond motifs is 13. The molecule has 12 rings (SSSR count). The lowest BCUT2D eigenvalue weighted by Gasteiger charge is -2.14. The lowest BCUT2D eigenvalue weighted by molar-refractivity contribution is 1.19. The Balaban J connectivity index is 1.27. The lowest BCUT2D eigenvalue weighted by atomic mass is 10.0. The van der Waals surface area contributed by atoms with Crippen molar-refractivity contribution in [1.82, 2.24) is 9.13 Å². The molecule has 2 heteroatoms. The molecular weight excluding hydrogens is 605 g/mol. The van der Waals surface area contributed by atoms with Crippen molar-refractivity contribution in [3.8, 4) is 33.6 Å². The standard InChI is InChI=1S/C48H28N2/c1-2-12-31-28-32(22-20-29(31)10-1)49-43-25-21-30-11-3-4-13-33(30)46(43)40-24-27-44-47(48(40)49)39-16-7-8-19-41(39)50(44)42-26-23-37-35-15-6-5-14-34(35)36-17-9-18-38(42)45(36)37/h1-28H. The van der Waals surface area contributed by atoms with Crippen molar-refractivity contribution < 1.29 is 0 Å². The van der Waals surface area contributed by atoms with Gasteiger partial charge >= 0.3 is 0 Å². The molecule has 1 aliphatic rings. The van der Waals surface area contributed by atoms with Crippen molar-refractivity contribution in [2.24, 2.45) is 0 Å². The van der Waals surface area contributed by atoms with E-state index in [1.165, 1.54) is 110 Å². The van der Waals surface area contributed by atoms with Crippen molar-refractivity contribution in [3.63, 3.8) is 0 Å². The predicted molar refractivity (Wildman–Crippen MR) is 212 cm³/mol. The van der Waals surface area contributed by atoms with Crippen LogP contribution in [-0.2, 0) is 0 Å². The predicted octanol–water partition coefficient (Wildman–Crippen LogP) is 13.0. The Hall–Kier alpha value is -6.64. The maximum atomic E-state index is 2.52. The normalized spacial score (nSPS) is 12.4. The van der Waals surface area contributed by atoms with Gasteiger partial charge in [-0.3, -0.25) is 0 Å². The fourth-order valence-electron chi connectivity index (χ4n) is 9.16. The van der Waals surface area contributed by atoms with E-state index in [9.17, 15) is 0 Å². The van der Waals surface area contributed by atoms with Crippen LogP contribution in [0.3, 0.4) is 0 Å². The maximum absolute atomic E-state index is 2.52. The van der Waals surface area contributed by atoms with E-state index in [-0.39, 0.29) is 0 Å². The van der Waals surface area contributed by atoms with E-state index in [0.29, 0.717) is 0 Å². The van der Waals surface area contributed by atoms with Crippen LogP contribution in [0.5, 0.6) is 0 Å². The van der Waals surface area contributed by atoms with Crippen LogP contribution in [0.1, 0.15) is 0 Å². The second-order valence-corrected chi connectivity index (χ2v) is 13.7. The van der Waals surface area contributed by atoms with E-state index >= 15 is 0 Å². The molecule has 2 heterocycles. The number of hydrogen-bond donors (Lipinski definition) is 0. The maximum Gasteiger partial charge on any atom is 0.0641 e. The van der Waals surface area contributed by atoms with Crippen molar-refractivity contribution >= 4 is 75.9 Å². The average molecular weight is 633 g/mol. The first-order valence-electron chi connectivity index (χ1n) is 17.4. The van der Waals surface area contributed by atoms with Crippen molar-refractivity contribution in [2.75, 3.05) is 0 Å². The zero-order valence-electron chi connectivity index (χ0n) is 27.1. The van der Waals surface area contributed by atoms with E-state index in [1.54, 1.807) is 0 Å². The fraction of sp³-hybridized carbons (Fsp3) is 0. The molecule has 9 aromatic carbocycles. The first-order valence-corrected chi connectivity index (χ1v) is 17.4. The molecule has 230 valence electrons. The van der Waals surface area contributed by atoms with Crippen LogP contribution in [-0.4, -0.2) is 9.13 Å². The summed E-state index contributed by atoms with van der Waals surface area (Å²) in [6.45, 7) is 0. The Bertz CT molecular complexity index is 3230. The van der Waals surface area contributed by atoms with Crippen LogP contribution < -0.4 is 0 Å². The van der Waals surface area contributed by atoms with Crippen molar-refractivity contribution in [2.45, 2.75) is 0 Å². The lowest BCUT2D eigenvalue weighted by Crippen LogP contribution is -1.96. The highest BCUT2D eigenvalue weighted by Gasteiger charge is 2.25. The van der Waals surface area contributed by atoms with Gasteiger partial charge in [0.15, 0.2) is 0 Å². The highest BCUT2D eigenvalue weighted by atomic mass is 15.0. The topological polar surface area (TPSA) is 9.86 Å². The molecule has 0 atom stereocenters. The molecule has 0 spiro atoms. The minimum atomic E-state index is 1.17. The number of nitrogens with zero attached hydrogens (tertiary/aromatic N) is 2. The zero-order chi connectivity index (χ0) is 32.5. The highest BCUT2D eigenvalue weighted by Crippen LogP contribution is 2.50. The van der Waals surface area contributed by atoms with Crippen molar-refractivity contribution in [1.29, 1.82) is 0 Å². The number of hydrogen-bond acceptors (Lipinski definition) is 0. The Morgan fingerprint density at radius 2 is 0.940 bits per heavy atom. The van der Waals surface area contributed by atoms with E-state index < -0.39 is 0 Å². The first-order chi connectivity index (χ1) is 24.8. The Labute approximate surface area is 287 Å². The quantitative estimate of drug-likeness (QED) is 0.179. The summed E-state index contributed by atoms with van der Waals surface area (Å²) >= 11 is 0. The largest absolute Gasteiger partial charge is 0.309 e. The van der Waals surface area contributed by atoms with Crippen LogP contribution in [0.2, 0.25) is 0 Å². The summed E-state index contributed by atoms with van der Waals surface area (Å²) in [6.07, 6.45) is 0. The molecule has 0 bridgehead atoms. The molecule has 50 heavy (non-hydrogen) atoms. The summed E-state index contributed by atoms with van der Waals surface area (Å²) < 4.78 is 5.03. The smallest absolute Gasteiger partial charge is 0.0641 e. The summed E-state index contributed by atoms with van der Waals surface area (Å²) in [6, 6.07) is 63.0. The third-order valence-electron chi connectivity index (χ3n) is 11.2. The van der Waals surface area contributed by atoms with Gasteiger partial charge in [-0.1, -0.05) is 133 Å². The average Bonchev–Trinajstić information content (AvgIpc) is 3.82. The molecule has 0 aliphatic heterocycles. The van der Waals surface area contributed by atoms with Gasteiger partial charge in [0.1, 0.15) is 0 Å². The van der Waals surface area contributed by atoms with E-state index in [2.05, 4.69) is 179 Å². The molecule has 2 nitrogen and oxygen atoms in total. The number of benzene rings is 9. The fourth-order valence-corrected chi connectivity index (χ4v) is 9.16. The van der Waals surface area contributed by atoms with Crippen LogP contribution in [0.4, 0.5) is 0 Å². The van der Waals surface area contributed by atoms with Crippen LogP contribution in [0, 0.1) is 0 Å². The van der Waals surface area contributed by atoms with Gasteiger partial charge in [-0.2, -0.15) is 0 Å². The third kappa shape index (κ3) is 3.28. The zero-order valence-corrected chi connectivity index (χ0v) is 27.1. The summed E-state index contributed by atoms with van der Waals surface area (Å²) in [7, 11) is 0. The molecule has 11 aromatic rings. The molecular formula is C48H28N2. The Kier molecular flexibility index (Phi) is 5.00. The Morgan fingerprint density at radius 1 is 0.300 bits per heavy atom. The highest BCUT2D eigenvalue weighted by molar-refractivity contribution is 6.30. The van der Waals surface area contributed by atoms with E-state index in [1.807, 2.05) is 0 Å². The number of para-hydroxylation sites is 1. The molecule has 0 saturated carbocycles. The molecule has 0 N–H and O–H groups in total. The third-order valence-corrected chi connectivity index (χ3v) is 11.2. The van der Waals surface area contributed by atoms with Crippen LogP contribution in [0.25, 0.3) is 110 Å². The monoisotopic (exact) mass is 632 g/mol. The van der Waals surface area contributed by atoms with Crippen LogP contribution in [0.15, 0.2) is 170 Å². The minimum absolute atomic E-state index is 1.17. The second kappa shape index (κ2) is 9.49. The van der Waals surface area contributed by atoms with Crippen LogP contribution >= 0.6 is 0 Å². The number of aromatic nitrogens is 2. The summed E-state index contributed by atoms with van der Waals surface area (Å²) in [5.74, 6) is 0. The summed E-state index contributed by atoms with van der Waals surface area (Å²) in [5.41, 5.74) is 12.6. The van der Waals surface area contributed by atoms with E-state index in [4.69, 9.17) is 0 Å². The molecule has 0 radical (unpaired) electrons. The van der Waals surface area contributed by atoms with Gasteiger partial charge in [-0.25, -0.2) is 0 Å². The second-order valence-electron chi connectivity index (χ2n) is 13.7. The van der Waals surface area contributed by atoms with Gasteiger partial charge in [0.05, 0.1) is 27.8 Å².